The first-order chi connectivity index (χ1) is 13.4. The summed E-state index contributed by atoms with van der Waals surface area (Å²) in [5.74, 6) is 0. The summed E-state index contributed by atoms with van der Waals surface area (Å²) < 4.78 is 15.0. The molecule has 0 atom stereocenters. The van der Waals surface area contributed by atoms with Crippen molar-refractivity contribution < 1.29 is 9.47 Å². The maximum atomic E-state index is 5.74. The van der Waals surface area contributed by atoms with Crippen molar-refractivity contribution in [3.63, 3.8) is 0 Å². The Morgan fingerprint density at radius 3 is 1.43 bits per heavy atom. The van der Waals surface area contributed by atoms with E-state index in [1.807, 2.05) is 0 Å². The van der Waals surface area contributed by atoms with Crippen LogP contribution in [0.2, 0.25) is 0 Å². The van der Waals surface area contributed by atoms with Gasteiger partial charge in [0.25, 0.3) is 0 Å². The normalized spacial score (nSPS) is 12.6. The van der Waals surface area contributed by atoms with Gasteiger partial charge in [0, 0.05) is 26.3 Å². The first kappa shape index (κ1) is 22.4. The maximum absolute atomic E-state index is 5.74. The molecule has 0 aromatic carbocycles. The minimum atomic E-state index is 0.191. The summed E-state index contributed by atoms with van der Waals surface area (Å²) in [5.41, 5.74) is 0.382. The van der Waals surface area contributed by atoms with Crippen LogP contribution in [0.25, 0.3) is 0 Å². The maximum Gasteiger partial charge on any atom is 0.138 e. The van der Waals surface area contributed by atoms with Crippen molar-refractivity contribution in [3.05, 3.63) is 12.7 Å². The lowest BCUT2D eigenvalue weighted by molar-refractivity contribution is 0.0267. The zero-order valence-corrected chi connectivity index (χ0v) is 17.6. The largest absolute Gasteiger partial charge is 0.379 e. The second-order valence-electron chi connectivity index (χ2n) is 8.70. The van der Waals surface area contributed by atoms with E-state index in [0.717, 1.165) is 52.0 Å². The zero-order chi connectivity index (χ0) is 20.3. The van der Waals surface area contributed by atoms with Gasteiger partial charge in [0.15, 0.2) is 0 Å². The standard InChI is InChI=1S/C18H34N8O2/c1-17(2,5-9-25-15-19-21-23-25)7-11-27-13-14-28-12-8-18(3,4)6-10-26-16-20-22-24-26/h15-16H,5-14H2,1-4H3. The summed E-state index contributed by atoms with van der Waals surface area (Å²) in [6.07, 6.45) is 7.32. The number of aromatic nitrogens is 8. The van der Waals surface area contributed by atoms with E-state index in [1.165, 1.54) is 0 Å². The molecule has 0 spiro atoms. The molecule has 158 valence electrons. The number of rotatable bonds is 15. The van der Waals surface area contributed by atoms with Gasteiger partial charge >= 0.3 is 0 Å². The van der Waals surface area contributed by atoms with E-state index in [1.54, 1.807) is 22.0 Å². The van der Waals surface area contributed by atoms with Gasteiger partial charge in [-0.3, -0.25) is 0 Å². The Morgan fingerprint density at radius 1 is 0.643 bits per heavy atom. The fraction of sp³-hybridized carbons (Fsp3) is 0.889. The fourth-order valence-electron chi connectivity index (χ4n) is 2.67. The molecule has 0 amide bonds. The highest BCUT2D eigenvalue weighted by Crippen LogP contribution is 2.26. The predicted octanol–water partition coefficient (Wildman–Crippen LogP) is 2.01. The number of tetrazole rings is 2. The van der Waals surface area contributed by atoms with Gasteiger partial charge < -0.3 is 9.47 Å². The van der Waals surface area contributed by atoms with Crippen LogP contribution >= 0.6 is 0 Å². The van der Waals surface area contributed by atoms with Crippen LogP contribution in [-0.2, 0) is 22.6 Å². The van der Waals surface area contributed by atoms with Gasteiger partial charge in [-0.15, -0.1) is 10.2 Å². The van der Waals surface area contributed by atoms with E-state index >= 15 is 0 Å². The lowest BCUT2D eigenvalue weighted by Gasteiger charge is -2.24. The Kier molecular flexibility index (Phi) is 8.91. The Balaban J connectivity index is 1.45. The lowest BCUT2D eigenvalue weighted by atomic mass is 9.86. The third-order valence-corrected chi connectivity index (χ3v) is 5.04. The smallest absolute Gasteiger partial charge is 0.138 e. The first-order valence-electron chi connectivity index (χ1n) is 9.93. The van der Waals surface area contributed by atoms with Crippen LogP contribution in [0.1, 0.15) is 53.4 Å². The number of hydrogen-bond acceptors (Lipinski definition) is 8. The molecule has 2 aromatic rings. The van der Waals surface area contributed by atoms with Gasteiger partial charge in [-0.05, 0) is 57.4 Å². The molecule has 0 aliphatic heterocycles. The molecule has 10 nitrogen and oxygen atoms in total. The van der Waals surface area contributed by atoms with Crippen molar-refractivity contribution in [2.75, 3.05) is 26.4 Å². The highest BCUT2D eigenvalue weighted by molar-refractivity contribution is 4.69. The number of nitrogens with zero attached hydrogens (tertiary/aromatic N) is 8. The predicted molar refractivity (Wildman–Crippen MR) is 103 cm³/mol. The quantitative estimate of drug-likeness (QED) is 0.422. The SMILES string of the molecule is CC(C)(CCOCCOCCC(C)(C)CCn1cnnn1)CCn1cnnn1. The van der Waals surface area contributed by atoms with Crippen molar-refractivity contribution in [2.45, 2.75) is 66.5 Å². The third kappa shape index (κ3) is 9.32. The van der Waals surface area contributed by atoms with Crippen LogP contribution in [-0.4, -0.2) is 66.8 Å². The number of aryl methyl sites for hydroxylation is 2. The summed E-state index contributed by atoms with van der Waals surface area (Å²) in [7, 11) is 0. The molecule has 0 radical (unpaired) electrons. The molecular weight excluding hydrogens is 360 g/mol. The van der Waals surface area contributed by atoms with Crippen molar-refractivity contribution in [2.24, 2.45) is 10.8 Å². The second kappa shape index (κ2) is 11.2. The van der Waals surface area contributed by atoms with Gasteiger partial charge in [0.05, 0.1) is 13.2 Å². The van der Waals surface area contributed by atoms with E-state index in [2.05, 4.69) is 58.7 Å². The third-order valence-electron chi connectivity index (χ3n) is 5.04. The van der Waals surface area contributed by atoms with Gasteiger partial charge in [-0.2, -0.15) is 0 Å². The molecular formula is C18H34N8O2. The van der Waals surface area contributed by atoms with Gasteiger partial charge in [-0.25, -0.2) is 9.36 Å². The average molecular weight is 395 g/mol. The summed E-state index contributed by atoms with van der Waals surface area (Å²) in [6.45, 7) is 13.4. The van der Waals surface area contributed by atoms with Crippen molar-refractivity contribution in [1.29, 1.82) is 0 Å². The monoisotopic (exact) mass is 394 g/mol. The van der Waals surface area contributed by atoms with Crippen LogP contribution < -0.4 is 0 Å². The molecule has 0 fully saturated rings. The van der Waals surface area contributed by atoms with Crippen LogP contribution in [0.4, 0.5) is 0 Å². The lowest BCUT2D eigenvalue weighted by Crippen LogP contribution is -2.20. The molecule has 2 rings (SSSR count). The van der Waals surface area contributed by atoms with Gasteiger partial charge in [0.1, 0.15) is 12.7 Å². The summed E-state index contributed by atoms with van der Waals surface area (Å²) in [4.78, 5) is 0. The molecule has 2 aromatic heterocycles. The first-order valence-corrected chi connectivity index (χ1v) is 9.93. The minimum Gasteiger partial charge on any atom is -0.379 e. The Bertz CT molecular complexity index is 572. The molecule has 28 heavy (non-hydrogen) atoms. The van der Waals surface area contributed by atoms with Gasteiger partial charge in [0.2, 0.25) is 0 Å². The topological polar surface area (TPSA) is 106 Å². The highest BCUT2D eigenvalue weighted by atomic mass is 16.5. The van der Waals surface area contributed by atoms with E-state index < -0.39 is 0 Å². The van der Waals surface area contributed by atoms with E-state index in [4.69, 9.17) is 9.47 Å². The average Bonchev–Trinajstić information content (AvgIpc) is 3.34. The Labute approximate surface area is 167 Å². The molecule has 0 saturated carbocycles. The van der Waals surface area contributed by atoms with Crippen LogP contribution in [0.3, 0.4) is 0 Å². The summed E-state index contributed by atoms with van der Waals surface area (Å²) >= 11 is 0. The van der Waals surface area contributed by atoms with Crippen LogP contribution in [0.5, 0.6) is 0 Å². The molecule has 0 N–H and O–H groups in total. The molecule has 0 unspecified atom stereocenters. The van der Waals surface area contributed by atoms with Crippen molar-refractivity contribution in [3.8, 4) is 0 Å². The van der Waals surface area contributed by atoms with Crippen molar-refractivity contribution in [1.82, 2.24) is 40.4 Å². The Hall–Kier alpha value is -1.94. The van der Waals surface area contributed by atoms with E-state index in [9.17, 15) is 0 Å². The minimum absolute atomic E-state index is 0.191. The van der Waals surface area contributed by atoms with E-state index in [0.29, 0.717) is 13.2 Å². The zero-order valence-electron chi connectivity index (χ0n) is 17.6. The summed E-state index contributed by atoms with van der Waals surface area (Å²) in [5, 5.41) is 22.4. The van der Waals surface area contributed by atoms with E-state index in [-0.39, 0.29) is 10.8 Å². The number of hydrogen-bond donors (Lipinski definition) is 0. The fourth-order valence-corrected chi connectivity index (χ4v) is 2.67. The highest BCUT2D eigenvalue weighted by Gasteiger charge is 2.19. The molecule has 10 heteroatoms. The molecule has 0 saturated heterocycles. The van der Waals surface area contributed by atoms with Crippen molar-refractivity contribution >= 4 is 0 Å². The molecule has 2 heterocycles. The molecule has 0 bridgehead atoms. The molecule has 0 aliphatic rings. The molecule has 0 aliphatic carbocycles. The van der Waals surface area contributed by atoms with Crippen LogP contribution in [0.15, 0.2) is 12.7 Å². The number of ether oxygens (including phenoxy) is 2. The Morgan fingerprint density at radius 2 is 1.07 bits per heavy atom. The second-order valence-corrected chi connectivity index (χ2v) is 8.70. The van der Waals surface area contributed by atoms with Crippen LogP contribution in [0, 0.1) is 10.8 Å². The summed E-state index contributed by atoms with van der Waals surface area (Å²) in [6, 6.07) is 0. The van der Waals surface area contributed by atoms with Gasteiger partial charge in [-0.1, -0.05) is 27.7 Å².